The van der Waals surface area contributed by atoms with Crippen molar-refractivity contribution in [1.29, 1.82) is 0 Å². The monoisotopic (exact) mass is 388 g/mol. The number of hydrogen-bond donors (Lipinski definition) is 0. The Kier molecular flexibility index (Phi) is 5.71. The number of fused-ring (bicyclic) bond motifs is 1. The van der Waals surface area contributed by atoms with Crippen molar-refractivity contribution in [2.45, 2.75) is 20.8 Å². The molecule has 0 amide bonds. The third-order valence-electron chi connectivity index (χ3n) is 4.55. The number of rotatable bonds is 6. The summed E-state index contributed by atoms with van der Waals surface area (Å²) in [6.45, 7) is 7.35. The average Bonchev–Trinajstić information content (AvgIpc) is 2.98. The van der Waals surface area contributed by atoms with Gasteiger partial charge in [-0.25, -0.2) is 9.18 Å². The van der Waals surface area contributed by atoms with Crippen LogP contribution in [-0.4, -0.2) is 30.2 Å². The topological polar surface area (TPSA) is 34.5 Å². The summed E-state index contributed by atoms with van der Waals surface area (Å²) in [5.41, 5.74) is 2.49. The molecule has 0 aliphatic heterocycles. The first kappa shape index (κ1) is 19.2. The zero-order valence-electron chi connectivity index (χ0n) is 15.6. The number of hydrogen-bond acceptors (Lipinski definition) is 3. The molecule has 4 nitrogen and oxygen atoms in total. The Morgan fingerprint density at radius 3 is 2.41 bits per heavy atom. The second kappa shape index (κ2) is 8.01. The molecule has 1 heterocycles. The van der Waals surface area contributed by atoms with Gasteiger partial charge in [-0.2, -0.15) is 0 Å². The number of aromatic nitrogens is 1. The van der Waals surface area contributed by atoms with E-state index in [2.05, 4.69) is 0 Å². The lowest BCUT2D eigenvalue weighted by Gasteiger charge is -2.22. The Balaban J connectivity index is 2.48. The van der Waals surface area contributed by atoms with Crippen molar-refractivity contribution in [3.8, 4) is 5.69 Å². The quantitative estimate of drug-likeness (QED) is 0.527. The van der Waals surface area contributed by atoms with E-state index in [1.54, 1.807) is 17.6 Å². The molecule has 0 bridgehead atoms. The molecule has 142 valence electrons. The van der Waals surface area contributed by atoms with E-state index < -0.39 is 11.8 Å². The van der Waals surface area contributed by atoms with Gasteiger partial charge in [0.05, 0.1) is 22.8 Å². The summed E-state index contributed by atoms with van der Waals surface area (Å²) in [6, 6.07) is 12.4. The normalized spacial score (nSPS) is 11.0. The lowest BCUT2D eigenvalue weighted by molar-refractivity contribution is 0.0518. The van der Waals surface area contributed by atoms with Gasteiger partial charge in [0.25, 0.3) is 0 Å². The first-order valence-electron chi connectivity index (χ1n) is 9.04. The minimum absolute atomic E-state index is 0.0127. The fraction of sp³-hybridized carbons (Fsp3) is 0.286. The van der Waals surface area contributed by atoms with Gasteiger partial charge in [-0.15, -0.1) is 0 Å². The fourth-order valence-electron chi connectivity index (χ4n) is 3.36. The van der Waals surface area contributed by atoms with Gasteiger partial charge >= 0.3 is 5.97 Å². The van der Waals surface area contributed by atoms with Gasteiger partial charge < -0.3 is 14.2 Å². The number of nitrogens with zero attached hydrogens (tertiary/aromatic N) is 2. The summed E-state index contributed by atoms with van der Waals surface area (Å²) in [5, 5.41) is 0.645. The Labute approximate surface area is 163 Å². The summed E-state index contributed by atoms with van der Waals surface area (Å²) < 4.78 is 21.5. The maximum atomic E-state index is 14.3. The first-order valence-corrected chi connectivity index (χ1v) is 9.42. The van der Waals surface area contributed by atoms with Gasteiger partial charge in [-0.1, -0.05) is 29.8 Å². The summed E-state index contributed by atoms with van der Waals surface area (Å²) in [4.78, 5) is 15.0. The standard InChI is InChI=1S/C21H22ClFN2O2/c1-4-24(5-2)19-15-12-17(23)16(22)13-18(15)25(14-10-8-7-9-11-14)20(19)21(26)27-6-3/h7-13H,4-6H2,1-3H3. The molecule has 0 aliphatic rings. The molecule has 0 radical (unpaired) electrons. The molecule has 3 rings (SSSR count). The molecule has 0 fully saturated rings. The van der Waals surface area contributed by atoms with Crippen LogP contribution in [0, 0.1) is 5.82 Å². The van der Waals surface area contributed by atoms with E-state index in [4.69, 9.17) is 16.3 Å². The van der Waals surface area contributed by atoms with Crippen molar-refractivity contribution in [2.24, 2.45) is 0 Å². The predicted octanol–water partition coefficient (Wildman–Crippen LogP) is 5.45. The van der Waals surface area contributed by atoms with Crippen molar-refractivity contribution in [1.82, 2.24) is 4.57 Å². The highest BCUT2D eigenvalue weighted by Crippen LogP contribution is 2.39. The molecule has 3 aromatic rings. The van der Waals surface area contributed by atoms with E-state index in [1.165, 1.54) is 6.07 Å². The highest BCUT2D eigenvalue weighted by molar-refractivity contribution is 6.31. The molecule has 6 heteroatoms. The number of carbonyl (C=O) groups excluding carboxylic acids is 1. The summed E-state index contributed by atoms with van der Waals surface area (Å²) >= 11 is 6.08. The SMILES string of the molecule is CCOC(=O)c1c(N(CC)CC)c2cc(F)c(Cl)cc2n1-c1ccccc1. The van der Waals surface area contributed by atoms with Crippen molar-refractivity contribution in [2.75, 3.05) is 24.6 Å². The van der Waals surface area contributed by atoms with Crippen LogP contribution in [-0.2, 0) is 4.74 Å². The Morgan fingerprint density at radius 1 is 1.15 bits per heavy atom. The molecule has 0 spiro atoms. The lowest BCUT2D eigenvalue weighted by atomic mass is 10.2. The van der Waals surface area contributed by atoms with Gasteiger partial charge in [0, 0.05) is 24.2 Å². The van der Waals surface area contributed by atoms with Crippen LogP contribution >= 0.6 is 11.6 Å². The molecule has 0 unspecified atom stereocenters. The van der Waals surface area contributed by atoms with Crippen LogP contribution in [0.4, 0.5) is 10.1 Å². The molecule has 0 saturated heterocycles. The molecule has 0 aliphatic carbocycles. The van der Waals surface area contributed by atoms with Gasteiger partial charge in [-0.05, 0) is 45.0 Å². The molecule has 0 atom stereocenters. The Hall–Kier alpha value is -2.53. The van der Waals surface area contributed by atoms with Crippen molar-refractivity contribution in [3.05, 3.63) is 59.0 Å². The van der Waals surface area contributed by atoms with E-state index >= 15 is 0 Å². The molecule has 27 heavy (non-hydrogen) atoms. The Bertz CT molecular complexity index is 965. The van der Waals surface area contributed by atoms with E-state index in [0.717, 1.165) is 5.69 Å². The minimum atomic E-state index is -0.516. The zero-order valence-corrected chi connectivity index (χ0v) is 16.4. The number of carbonyl (C=O) groups is 1. The second-order valence-corrected chi connectivity index (χ2v) is 6.45. The number of para-hydroxylation sites is 1. The Morgan fingerprint density at radius 2 is 1.81 bits per heavy atom. The maximum Gasteiger partial charge on any atom is 0.357 e. The van der Waals surface area contributed by atoms with E-state index in [0.29, 0.717) is 35.4 Å². The summed E-state index contributed by atoms with van der Waals surface area (Å²) in [5.74, 6) is -0.964. The molecule has 2 aromatic carbocycles. The van der Waals surface area contributed by atoms with Gasteiger partial charge in [0.2, 0.25) is 0 Å². The van der Waals surface area contributed by atoms with Gasteiger partial charge in [0.1, 0.15) is 5.82 Å². The molecule has 0 N–H and O–H groups in total. The van der Waals surface area contributed by atoms with E-state index in [1.807, 2.05) is 49.1 Å². The lowest BCUT2D eigenvalue weighted by Crippen LogP contribution is -2.25. The number of halogens is 2. The highest BCUT2D eigenvalue weighted by Gasteiger charge is 2.28. The predicted molar refractivity (Wildman–Crippen MR) is 108 cm³/mol. The molecular weight excluding hydrogens is 367 g/mol. The van der Waals surface area contributed by atoms with Crippen LogP contribution in [0.25, 0.3) is 16.6 Å². The molecule has 1 aromatic heterocycles. The highest BCUT2D eigenvalue weighted by atomic mass is 35.5. The van der Waals surface area contributed by atoms with Crippen LogP contribution in [0.3, 0.4) is 0 Å². The maximum absolute atomic E-state index is 14.3. The van der Waals surface area contributed by atoms with Gasteiger partial charge in [0.15, 0.2) is 5.69 Å². The van der Waals surface area contributed by atoms with Crippen LogP contribution in [0.1, 0.15) is 31.3 Å². The summed E-state index contributed by atoms with van der Waals surface area (Å²) in [6.07, 6.45) is 0. The largest absolute Gasteiger partial charge is 0.461 e. The van der Waals surface area contributed by atoms with Crippen LogP contribution in [0.15, 0.2) is 42.5 Å². The average molecular weight is 389 g/mol. The number of esters is 1. The zero-order chi connectivity index (χ0) is 19.6. The van der Waals surface area contributed by atoms with E-state index in [9.17, 15) is 9.18 Å². The third-order valence-corrected chi connectivity index (χ3v) is 4.84. The number of anilines is 1. The van der Waals surface area contributed by atoms with Gasteiger partial charge in [-0.3, -0.25) is 0 Å². The van der Waals surface area contributed by atoms with Crippen molar-refractivity contribution >= 4 is 34.2 Å². The smallest absolute Gasteiger partial charge is 0.357 e. The number of benzene rings is 2. The minimum Gasteiger partial charge on any atom is -0.461 e. The van der Waals surface area contributed by atoms with Crippen LogP contribution < -0.4 is 4.90 Å². The first-order chi connectivity index (χ1) is 13.0. The molecule has 0 saturated carbocycles. The van der Waals surface area contributed by atoms with Crippen LogP contribution in [0.5, 0.6) is 0 Å². The second-order valence-electron chi connectivity index (χ2n) is 6.04. The fourth-order valence-corrected chi connectivity index (χ4v) is 3.52. The number of ether oxygens (including phenoxy) is 1. The third kappa shape index (κ3) is 3.39. The van der Waals surface area contributed by atoms with Crippen molar-refractivity contribution in [3.63, 3.8) is 0 Å². The van der Waals surface area contributed by atoms with Crippen molar-refractivity contribution < 1.29 is 13.9 Å². The van der Waals surface area contributed by atoms with Crippen LogP contribution in [0.2, 0.25) is 5.02 Å². The van der Waals surface area contributed by atoms with E-state index in [-0.39, 0.29) is 11.6 Å². The molecular formula is C21H22ClFN2O2. The summed E-state index contributed by atoms with van der Waals surface area (Å²) in [7, 11) is 0.